The molecule has 0 amide bonds. The lowest BCUT2D eigenvalue weighted by Gasteiger charge is -2.27. The Hall–Kier alpha value is -0.250. The molecule has 0 aliphatic heterocycles. The van der Waals surface area contributed by atoms with Gasteiger partial charge >= 0.3 is 6.18 Å². The molecule has 0 fully saturated rings. The quantitative estimate of drug-likeness (QED) is 0.568. The van der Waals surface area contributed by atoms with E-state index in [2.05, 4.69) is 0 Å². The highest BCUT2D eigenvalue weighted by Gasteiger charge is 2.45. The molecule has 0 saturated carbocycles. The predicted octanol–water partition coefficient (Wildman–Crippen LogP) is 1.96. The Bertz CT molecular complexity index is 97.1. The molecule has 10 heavy (non-hydrogen) atoms. The SMILES string of the molecule is CC(C)(C)[C@@H](O)C(F)(F)F. The minimum Gasteiger partial charge on any atom is -0.383 e. The van der Waals surface area contributed by atoms with Crippen LogP contribution < -0.4 is 0 Å². The second-order valence-electron chi connectivity index (χ2n) is 3.31. The number of hydrogen-bond donors (Lipinski definition) is 1. The van der Waals surface area contributed by atoms with Crippen molar-refractivity contribution in [3.63, 3.8) is 0 Å². The molecule has 0 heterocycles. The highest BCUT2D eigenvalue weighted by molar-refractivity contribution is 4.78. The van der Waals surface area contributed by atoms with Gasteiger partial charge in [-0.15, -0.1) is 0 Å². The topological polar surface area (TPSA) is 20.2 Å². The zero-order valence-corrected chi connectivity index (χ0v) is 6.16. The van der Waals surface area contributed by atoms with Crippen molar-refractivity contribution < 1.29 is 18.3 Å². The van der Waals surface area contributed by atoms with Crippen molar-refractivity contribution in [2.75, 3.05) is 0 Å². The molecule has 4 heteroatoms. The van der Waals surface area contributed by atoms with Crippen LogP contribution in [0.15, 0.2) is 0 Å². The maximum Gasteiger partial charge on any atom is 0.414 e. The third-order valence-electron chi connectivity index (χ3n) is 1.13. The van der Waals surface area contributed by atoms with Crippen molar-refractivity contribution in [2.24, 2.45) is 5.41 Å². The molecule has 0 aliphatic carbocycles. The van der Waals surface area contributed by atoms with Crippen LogP contribution in [0.25, 0.3) is 0 Å². The monoisotopic (exact) mass is 156 g/mol. The third kappa shape index (κ3) is 2.56. The van der Waals surface area contributed by atoms with Crippen LogP contribution in [0.1, 0.15) is 20.8 Å². The van der Waals surface area contributed by atoms with Crippen molar-refractivity contribution >= 4 is 0 Å². The van der Waals surface area contributed by atoms with Gasteiger partial charge in [0.15, 0.2) is 6.10 Å². The molecule has 0 aromatic carbocycles. The van der Waals surface area contributed by atoms with Gasteiger partial charge in [-0.25, -0.2) is 0 Å². The second kappa shape index (κ2) is 2.42. The Labute approximate surface area is 57.9 Å². The summed E-state index contributed by atoms with van der Waals surface area (Å²) < 4.78 is 35.1. The maximum atomic E-state index is 11.7. The lowest BCUT2D eigenvalue weighted by atomic mass is 9.89. The van der Waals surface area contributed by atoms with Gasteiger partial charge in [-0.05, 0) is 5.41 Å². The van der Waals surface area contributed by atoms with E-state index >= 15 is 0 Å². The number of aliphatic hydroxyl groups excluding tert-OH is 1. The molecule has 0 spiro atoms. The summed E-state index contributed by atoms with van der Waals surface area (Å²) >= 11 is 0. The van der Waals surface area contributed by atoms with Crippen LogP contribution >= 0.6 is 0 Å². The molecule has 0 radical (unpaired) electrons. The number of alkyl halides is 3. The van der Waals surface area contributed by atoms with Gasteiger partial charge in [0.25, 0.3) is 0 Å². The molecule has 62 valence electrons. The van der Waals surface area contributed by atoms with E-state index in [0.29, 0.717) is 0 Å². The maximum absolute atomic E-state index is 11.7. The molecule has 0 aromatic heterocycles. The molecular weight excluding hydrogens is 145 g/mol. The lowest BCUT2D eigenvalue weighted by molar-refractivity contribution is -0.231. The first-order valence-electron chi connectivity index (χ1n) is 2.90. The van der Waals surface area contributed by atoms with Crippen LogP contribution in [0.4, 0.5) is 13.2 Å². The zero-order valence-electron chi connectivity index (χ0n) is 6.16. The van der Waals surface area contributed by atoms with Gasteiger partial charge in [-0.3, -0.25) is 0 Å². The highest BCUT2D eigenvalue weighted by atomic mass is 19.4. The van der Waals surface area contributed by atoms with Crippen molar-refractivity contribution in [1.82, 2.24) is 0 Å². The van der Waals surface area contributed by atoms with Gasteiger partial charge < -0.3 is 5.11 Å². The Balaban J connectivity index is 4.23. The van der Waals surface area contributed by atoms with Gasteiger partial charge in [0.1, 0.15) is 0 Å². The summed E-state index contributed by atoms with van der Waals surface area (Å²) in [5, 5.41) is 8.60. The van der Waals surface area contributed by atoms with Crippen LogP contribution in [-0.4, -0.2) is 17.4 Å². The Morgan fingerprint density at radius 2 is 1.40 bits per heavy atom. The van der Waals surface area contributed by atoms with Crippen LogP contribution in [0, 0.1) is 5.41 Å². The Morgan fingerprint density at radius 1 is 1.10 bits per heavy atom. The van der Waals surface area contributed by atoms with E-state index in [1.165, 1.54) is 20.8 Å². The number of hydrogen-bond acceptors (Lipinski definition) is 1. The van der Waals surface area contributed by atoms with Crippen LogP contribution in [0.5, 0.6) is 0 Å². The van der Waals surface area contributed by atoms with Crippen molar-refractivity contribution in [2.45, 2.75) is 33.1 Å². The van der Waals surface area contributed by atoms with Gasteiger partial charge in [0, 0.05) is 0 Å². The Kier molecular flexibility index (Phi) is 2.36. The fourth-order valence-electron chi connectivity index (χ4n) is 0.491. The van der Waals surface area contributed by atoms with Crippen molar-refractivity contribution in [1.29, 1.82) is 0 Å². The highest BCUT2D eigenvalue weighted by Crippen LogP contribution is 2.32. The number of aliphatic hydroxyl groups is 1. The average molecular weight is 156 g/mol. The van der Waals surface area contributed by atoms with Crippen molar-refractivity contribution in [3.8, 4) is 0 Å². The summed E-state index contributed by atoms with van der Waals surface area (Å²) in [7, 11) is 0. The molecule has 0 rings (SSSR count). The van der Waals surface area contributed by atoms with Gasteiger partial charge in [0.2, 0.25) is 0 Å². The van der Waals surface area contributed by atoms with Gasteiger partial charge in [0.05, 0.1) is 0 Å². The molecule has 0 aromatic rings. The van der Waals surface area contributed by atoms with E-state index in [1.807, 2.05) is 0 Å². The summed E-state index contributed by atoms with van der Waals surface area (Å²) in [6.45, 7) is 4.02. The van der Waals surface area contributed by atoms with E-state index in [-0.39, 0.29) is 0 Å². The van der Waals surface area contributed by atoms with Crippen LogP contribution in [0.3, 0.4) is 0 Å². The van der Waals surface area contributed by atoms with Gasteiger partial charge in [-0.2, -0.15) is 13.2 Å². The molecule has 1 N–H and O–H groups in total. The van der Waals surface area contributed by atoms with Crippen LogP contribution in [0.2, 0.25) is 0 Å². The molecule has 0 bridgehead atoms. The predicted molar refractivity (Wildman–Crippen MR) is 31.5 cm³/mol. The van der Waals surface area contributed by atoms with E-state index in [4.69, 9.17) is 5.11 Å². The summed E-state index contributed by atoms with van der Waals surface area (Å²) in [5.41, 5.74) is -1.13. The first-order chi connectivity index (χ1) is 4.15. The first kappa shape index (κ1) is 9.75. The summed E-state index contributed by atoms with van der Waals surface area (Å²) in [5.74, 6) is 0. The van der Waals surface area contributed by atoms with Crippen molar-refractivity contribution in [3.05, 3.63) is 0 Å². The molecular formula is C6H11F3O. The van der Waals surface area contributed by atoms with Crippen LogP contribution in [-0.2, 0) is 0 Å². The summed E-state index contributed by atoms with van der Waals surface area (Å²) in [6.07, 6.45) is -6.74. The molecule has 1 nitrogen and oxygen atoms in total. The van der Waals surface area contributed by atoms with E-state index in [1.54, 1.807) is 0 Å². The normalized spacial score (nSPS) is 17.1. The van der Waals surface area contributed by atoms with E-state index < -0.39 is 17.7 Å². The largest absolute Gasteiger partial charge is 0.414 e. The zero-order chi connectivity index (χ0) is 8.58. The lowest BCUT2D eigenvalue weighted by Crippen LogP contribution is -2.39. The van der Waals surface area contributed by atoms with E-state index in [0.717, 1.165) is 0 Å². The number of rotatable bonds is 0. The third-order valence-corrected chi connectivity index (χ3v) is 1.13. The second-order valence-corrected chi connectivity index (χ2v) is 3.31. The fraction of sp³-hybridized carbons (Fsp3) is 1.00. The van der Waals surface area contributed by atoms with E-state index in [9.17, 15) is 13.2 Å². The smallest absolute Gasteiger partial charge is 0.383 e. The molecule has 0 saturated heterocycles. The minimum absolute atomic E-state index is 1.13. The molecule has 0 aliphatic rings. The first-order valence-corrected chi connectivity index (χ1v) is 2.90. The fourth-order valence-corrected chi connectivity index (χ4v) is 0.491. The minimum atomic E-state index is -4.50. The molecule has 0 unspecified atom stereocenters. The van der Waals surface area contributed by atoms with Gasteiger partial charge in [-0.1, -0.05) is 20.8 Å². The average Bonchev–Trinajstić information content (AvgIpc) is 1.59. The number of halogens is 3. The summed E-state index contributed by atoms with van der Waals surface area (Å²) in [4.78, 5) is 0. The standard InChI is InChI=1S/C6H11F3O/c1-5(2,3)4(10)6(7,8)9/h4,10H,1-3H3/t4-/m1/s1. The Morgan fingerprint density at radius 3 is 1.40 bits per heavy atom. The molecule has 1 atom stereocenters. The summed E-state index contributed by atoms with van der Waals surface area (Å²) in [6, 6.07) is 0.